The van der Waals surface area contributed by atoms with Gasteiger partial charge >= 0.3 is 12.2 Å². The summed E-state index contributed by atoms with van der Waals surface area (Å²) >= 11 is 3.80. The standard InChI is InChI=1S/C31H56N4O8S/c1-21(2)13-17-41-30(5,6)27-26(39-7)24(12-14-31(27)20-42-31)43-29(38)35-23(22(3)4)19-40-28(37)33-16-11-9-8-10-15-32-25(36)18-34-44/h13,22-24,26-27,34,44H,8-12,14-20H2,1-7H3,(H,32,36)(H,33,37)(H,35,38)/t23-,24?,26?,27?,31?/m0/s1. The van der Waals surface area contributed by atoms with E-state index in [1.54, 1.807) is 7.11 Å². The van der Waals surface area contributed by atoms with E-state index in [4.69, 9.17) is 23.7 Å². The number of carbonyl (C=O) groups is 3. The maximum absolute atomic E-state index is 13.1. The number of hydrogen-bond donors (Lipinski definition) is 5. The number of hydrogen-bond acceptors (Lipinski definition) is 10. The molecular formula is C31H56N4O8S. The molecule has 0 bridgehead atoms. The van der Waals surface area contributed by atoms with Crippen molar-refractivity contribution in [2.45, 2.75) is 110 Å². The number of carbonyl (C=O) groups excluding carboxylic acids is 3. The number of epoxide rings is 1. The first-order valence-corrected chi connectivity index (χ1v) is 16.3. The van der Waals surface area contributed by atoms with Crippen LogP contribution in [0.4, 0.5) is 9.59 Å². The van der Waals surface area contributed by atoms with Crippen molar-refractivity contribution < 1.29 is 38.1 Å². The van der Waals surface area contributed by atoms with Crippen LogP contribution in [-0.2, 0) is 28.5 Å². The number of thiol groups is 1. The number of unbranched alkanes of at least 4 members (excludes halogenated alkanes) is 3. The highest BCUT2D eigenvalue weighted by atomic mass is 32.1. The highest BCUT2D eigenvalue weighted by Crippen LogP contribution is 2.52. The first-order chi connectivity index (χ1) is 20.8. The number of alkyl carbamates (subject to hydrolysis) is 2. The Morgan fingerprint density at radius 1 is 1.07 bits per heavy atom. The van der Waals surface area contributed by atoms with Crippen molar-refractivity contribution in [2.24, 2.45) is 11.8 Å². The van der Waals surface area contributed by atoms with E-state index in [1.165, 1.54) is 5.57 Å². The van der Waals surface area contributed by atoms with Gasteiger partial charge in [-0.1, -0.05) is 51.2 Å². The summed E-state index contributed by atoms with van der Waals surface area (Å²) in [6, 6.07) is -0.427. The van der Waals surface area contributed by atoms with E-state index in [-0.39, 0.29) is 36.5 Å². The largest absolute Gasteiger partial charge is 0.447 e. The molecule has 0 aromatic carbocycles. The van der Waals surface area contributed by atoms with Gasteiger partial charge in [0.1, 0.15) is 18.8 Å². The summed E-state index contributed by atoms with van der Waals surface area (Å²) in [5.74, 6) is -0.218. The molecular weight excluding hydrogens is 588 g/mol. The van der Waals surface area contributed by atoms with Crippen LogP contribution >= 0.6 is 12.8 Å². The van der Waals surface area contributed by atoms with Crippen molar-refractivity contribution in [3.63, 3.8) is 0 Å². The number of amides is 3. The molecule has 2 fully saturated rings. The molecule has 1 heterocycles. The van der Waals surface area contributed by atoms with Gasteiger partial charge in [0.15, 0.2) is 0 Å². The zero-order valence-corrected chi connectivity index (χ0v) is 28.6. The van der Waals surface area contributed by atoms with Gasteiger partial charge in [0, 0.05) is 26.1 Å². The Morgan fingerprint density at radius 3 is 2.30 bits per heavy atom. The molecule has 1 saturated carbocycles. The molecule has 1 spiro atoms. The van der Waals surface area contributed by atoms with Gasteiger partial charge in [-0.2, -0.15) is 0 Å². The Labute approximate surface area is 269 Å². The molecule has 44 heavy (non-hydrogen) atoms. The Bertz CT molecular complexity index is 940. The minimum absolute atomic E-state index is 0.00208. The quantitative estimate of drug-likeness (QED) is 0.0611. The molecule has 0 radical (unpaired) electrons. The average molecular weight is 645 g/mol. The first kappa shape index (κ1) is 38.1. The van der Waals surface area contributed by atoms with Crippen LogP contribution in [0.15, 0.2) is 11.6 Å². The van der Waals surface area contributed by atoms with Gasteiger partial charge in [0.05, 0.1) is 37.0 Å². The smallest absolute Gasteiger partial charge is 0.407 e. The van der Waals surface area contributed by atoms with Crippen LogP contribution in [0.1, 0.15) is 80.1 Å². The number of rotatable bonds is 19. The summed E-state index contributed by atoms with van der Waals surface area (Å²) in [6.07, 6.45) is 4.91. The lowest BCUT2D eigenvalue weighted by atomic mass is 9.68. The molecule has 0 aromatic rings. The third-order valence-corrected chi connectivity index (χ3v) is 8.45. The van der Waals surface area contributed by atoms with Crippen LogP contribution < -0.4 is 20.7 Å². The number of allylic oxidation sites excluding steroid dienone is 1. The zero-order chi connectivity index (χ0) is 32.8. The fraction of sp³-hybridized carbons (Fsp3) is 0.839. The molecule has 4 N–H and O–H groups in total. The van der Waals surface area contributed by atoms with Crippen LogP contribution in [-0.4, -0.2) is 94.1 Å². The second kappa shape index (κ2) is 18.8. The molecule has 2 rings (SSSR count). The van der Waals surface area contributed by atoms with Crippen LogP contribution in [0, 0.1) is 11.8 Å². The molecule has 4 unspecified atom stereocenters. The molecule has 254 valence electrons. The Hall–Kier alpha value is -2.06. The Balaban J connectivity index is 1.79. The van der Waals surface area contributed by atoms with E-state index in [9.17, 15) is 14.4 Å². The second-order valence-corrected chi connectivity index (χ2v) is 13.1. The van der Waals surface area contributed by atoms with E-state index in [1.807, 2.05) is 47.6 Å². The number of nitrogens with one attached hydrogen (secondary N) is 4. The third kappa shape index (κ3) is 12.7. The van der Waals surface area contributed by atoms with Crippen LogP contribution in [0.25, 0.3) is 0 Å². The Kier molecular flexibility index (Phi) is 16.3. The van der Waals surface area contributed by atoms with E-state index < -0.39 is 36.0 Å². The maximum atomic E-state index is 13.1. The van der Waals surface area contributed by atoms with Gasteiger partial charge in [-0.25, -0.2) is 9.59 Å². The van der Waals surface area contributed by atoms with Gasteiger partial charge in [0.2, 0.25) is 5.91 Å². The molecule has 1 aliphatic heterocycles. The predicted octanol–water partition coefficient (Wildman–Crippen LogP) is 3.90. The van der Waals surface area contributed by atoms with E-state index in [0.29, 0.717) is 32.7 Å². The van der Waals surface area contributed by atoms with Gasteiger partial charge < -0.3 is 39.6 Å². The maximum Gasteiger partial charge on any atom is 0.407 e. The summed E-state index contributed by atoms with van der Waals surface area (Å²) < 4.78 is 32.1. The van der Waals surface area contributed by atoms with Crippen molar-refractivity contribution in [2.75, 3.05) is 46.6 Å². The summed E-state index contributed by atoms with van der Waals surface area (Å²) in [5, 5.41) is 8.43. The van der Waals surface area contributed by atoms with Gasteiger partial charge in [-0.15, -0.1) is 0 Å². The molecule has 0 aromatic heterocycles. The minimum atomic E-state index is -0.579. The normalized spacial score (nSPS) is 23.5. The minimum Gasteiger partial charge on any atom is -0.447 e. The molecule has 13 heteroatoms. The topological polar surface area (TPSA) is 149 Å². The van der Waals surface area contributed by atoms with Crippen LogP contribution in [0.5, 0.6) is 0 Å². The summed E-state index contributed by atoms with van der Waals surface area (Å²) in [4.78, 5) is 36.7. The van der Waals surface area contributed by atoms with Gasteiger partial charge in [-0.3, -0.25) is 9.52 Å². The average Bonchev–Trinajstić information content (AvgIpc) is 3.72. The van der Waals surface area contributed by atoms with Crippen LogP contribution in [0.3, 0.4) is 0 Å². The van der Waals surface area contributed by atoms with E-state index >= 15 is 0 Å². The van der Waals surface area contributed by atoms with Crippen molar-refractivity contribution in [3.05, 3.63) is 11.6 Å². The van der Waals surface area contributed by atoms with E-state index in [2.05, 4.69) is 33.5 Å². The molecule has 1 aliphatic carbocycles. The Morgan fingerprint density at radius 2 is 1.73 bits per heavy atom. The molecule has 1 saturated heterocycles. The molecule has 3 amide bonds. The van der Waals surface area contributed by atoms with E-state index in [0.717, 1.165) is 32.1 Å². The highest BCUT2D eigenvalue weighted by molar-refractivity contribution is 7.78. The van der Waals surface area contributed by atoms with Crippen molar-refractivity contribution in [3.8, 4) is 0 Å². The SMILES string of the molecule is COC1C(OC(=O)N[C@@H](COC(=O)NCCCCCCNC(=O)CNS)C(C)C)CCC2(CO2)C1C(C)(C)OCC=C(C)C. The number of ether oxygens (including phenoxy) is 5. The summed E-state index contributed by atoms with van der Waals surface area (Å²) in [7, 11) is 1.63. The van der Waals surface area contributed by atoms with Gasteiger partial charge in [-0.05, 0) is 59.3 Å². The summed E-state index contributed by atoms with van der Waals surface area (Å²) in [5.41, 5.74) is 0.261. The van der Waals surface area contributed by atoms with Crippen LogP contribution in [0.2, 0.25) is 0 Å². The van der Waals surface area contributed by atoms with Crippen molar-refractivity contribution >= 4 is 30.9 Å². The van der Waals surface area contributed by atoms with Gasteiger partial charge in [0.25, 0.3) is 0 Å². The molecule has 2 aliphatic rings. The molecule has 12 nitrogen and oxygen atoms in total. The predicted molar refractivity (Wildman–Crippen MR) is 172 cm³/mol. The fourth-order valence-electron chi connectivity index (χ4n) is 5.69. The van der Waals surface area contributed by atoms with Crippen molar-refractivity contribution in [1.29, 1.82) is 0 Å². The second-order valence-electron chi connectivity index (χ2n) is 12.8. The number of methoxy groups -OCH3 is 1. The first-order valence-electron chi connectivity index (χ1n) is 15.8. The lowest BCUT2D eigenvalue weighted by Gasteiger charge is -2.47. The lowest BCUT2D eigenvalue weighted by molar-refractivity contribution is -0.172. The lowest BCUT2D eigenvalue weighted by Crippen LogP contribution is -2.59. The summed E-state index contributed by atoms with van der Waals surface area (Å²) in [6.45, 7) is 14.4. The monoisotopic (exact) mass is 644 g/mol. The fourth-order valence-corrected chi connectivity index (χ4v) is 5.83. The highest BCUT2D eigenvalue weighted by Gasteiger charge is 2.64. The van der Waals surface area contributed by atoms with Crippen molar-refractivity contribution in [1.82, 2.24) is 20.7 Å². The third-order valence-electron chi connectivity index (χ3n) is 8.29. The zero-order valence-electron chi connectivity index (χ0n) is 27.7. The molecule has 5 atom stereocenters.